The van der Waals surface area contributed by atoms with Crippen LogP contribution in [0.2, 0.25) is 0 Å². The van der Waals surface area contributed by atoms with Crippen molar-refractivity contribution in [3.63, 3.8) is 0 Å². The van der Waals surface area contributed by atoms with E-state index in [9.17, 15) is 0 Å². The van der Waals surface area contributed by atoms with Crippen LogP contribution in [0.4, 0.5) is 0 Å². The average Bonchev–Trinajstić information content (AvgIpc) is 3.35. The third kappa shape index (κ3) is 3.47. The maximum Gasteiger partial charge on any atom is 0.0560 e. The lowest BCUT2D eigenvalue weighted by molar-refractivity contribution is 0.639. The van der Waals surface area contributed by atoms with E-state index in [1.807, 2.05) is 0 Å². The van der Waals surface area contributed by atoms with Crippen molar-refractivity contribution in [1.29, 1.82) is 0 Å². The zero-order chi connectivity index (χ0) is 25.8. The molecule has 0 bridgehead atoms. The molecule has 0 radical (unpaired) electrons. The summed E-state index contributed by atoms with van der Waals surface area (Å²) in [5, 5.41) is 2.66. The van der Waals surface area contributed by atoms with Crippen molar-refractivity contribution in [2.45, 2.75) is 24.3 Å². The number of fused-ring (bicyclic) bond motifs is 5. The fraction of sp³-hybridized carbons (Fsp3) is 0.105. The molecule has 0 spiro atoms. The molecule has 0 aliphatic heterocycles. The Labute approximate surface area is 229 Å². The summed E-state index contributed by atoms with van der Waals surface area (Å²) < 4.78 is 2.53. The van der Waals surface area contributed by atoms with Crippen molar-refractivity contribution in [2.24, 2.45) is 0 Å². The second kappa shape index (κ2) is 8.99. The average molecular weight is 500 g/mol. The van der Waals surface area contributed by atoms with Gasteiger partial charge < -0.3 is 4.57 Å². The number of benzene rings is 5. The van der Waals surface area contributed by atoms with Gasteiger partial charge in [-0.25, -0.2) is 0 Å². The molecule has 1 aromatic heterocycles. The van der Waals surface area contributed by atoms with Crippen molar-refractivity contribution in [1.82, 2.24) is 4.57 Å². The minimum atomic E-state index is 0.243. The lowest BCUT2D eigenvalue weighted by atomic mass is 9.67. The highest BCUT2D eigenvalue weighted by Crippen LogP contribution is 2.50. The molecule has 1 heteroatoms. The smallest absolute Gasteiger partial charge is 0.0560 e. The van der Waals surface area contributed by atoms with Gasteiger partial charge in [0.15, 0.2) is 0 Å². The van der Waals surface area contributed by atoms with E-state index in [4.69, 9.17) is 0 Å². The number of rotatable bonds is 3. The van der Waals surface area contributed by atoms with E-state index < -0.39 is 0 Å². The Morgan fingerprint density at radius 1 is 0.487 bits per heavy atom. The monoisotopic (exact) mass is 499 g/mol. The summed E-state index contributed by atoms with van der Waals surface area (Å²) in [6, 6.07) is 47.1. The van der Waals surface area contributed by atoms with Gasteiger partial charge in [0, 0.05) is 33.6 Å². The molecule has 1 unspecified atom stereocenters. The van der Waals surface area contributed by atoms with Gasteiger partial charge >= 0.3 is 0 Å². The van der Waals surface area contributed by atoms with Gasteiger partial charge in [0.05, 0.1) is 6.04 Å². The van der Waals surface area contributed by atoms with Crippen LogP contribution in [0.1, 0.15) is 52.1 Å². The fourth-order valence-electron chi connectivity index (χ4n) is 7.11. The molecule has 0 fully saturated rings. The highest BCUT2D eigenvalue weighted by Gasteiger charge is 2.34. The largest absolute Gasteiger partial charge is 0.333 e. The molecule has 1 heterocycles. The molecule has 1 atom stereocenters. The van der Waals surface area contributed by atoms with Gasteiger partial charge in [-0.15, -0.1) is 0 Å². The summed E-state index contributed by atoms with van der Waals surface area (Å²) in [5.74, 6) is 0.501. The number of aromatic nitrogens is 1. The van der Waals surface area contributed by atoms with E-state index in [-0.39, 0.29) is 11.8 Å². The Morgan fingerprint density at radius 3 is 1.51 bits per heavy atom. The molecule has 6 aromatic rings. The van der Waals surface area contributed by atoms with Crippen molar-refractivity contribution in [3.8, 4) is 0 Å². The summed E-state index contributed by atoms with van der Waals surface area (Å²) in [5.41, 5.74) is 11.1. The molecule has 2 aliphatic rings. The maximum absolute atomic E-state index is 2.53. The van der Waals surface area contributed by atoms with Crippen LogP contribution in [0.5, 0.6) is 0 Å². The summed E-state index contributed by atoms with van der Waals surface area (Å²) in [4.78, 5) is 0. The third-order valence-corrected chi connectivity index (χ3v) is 8.76. The zero-order valence-corrected chi connectivity index (χ0v) is 21.7. The Balaban J connectivity index is 1.23. The van der Waals surface area contributed by atoms with E-state index in [1.165, 1.54) is 55.2 Å². The predicted octanol–water partition coefficient (Wildman–Crippen LogP) is 9.55. The Bertz CT molecular complexity index is 1800. The molecule has 0 saturated heterocycles. The first kappa shape index (κ1) is 22.4. The van der Waals surface area contributed by atoms with Crippen LogP contribution in [-0.2, 0) is 0 Å². The van der Waals surface area contributed by atoms with Gasteiger partial charge in [-0.1, -0.05) is 133 Å². The van der Waals surface area contributed by atoms with Crippen LogP contribution < -0.4 is 0 Å². The van der Waals surface area contributed by atoms with E-state index in [0.29, 0.717) is 6.04 Å². The van der Waals surface area contributed by atoms with E-state index in [1.54, 1.807) is 0 Å². The van der Waals surface area contributed by atoms with Gasteiger partial charge in [-0.05, 0) is 51.9 Å². The topological polar surface area (TPSA) is 4.93 Å². The van der Waals surface area contributed by atoms with Crippen LogP contribution in [0.3, 0.4) is 0 Å². The highest BCUT2D eigenvalue weighted by atomic mass is 15.0. The summed E-state index contributed by atoms with van der Waals surface area (Å²) in [7, 11) is 0. The Kier molecular flexibility index (Phi) is 5.16. The van der Waals surface area contributed by atoms with E-state index in [0.717, 1.165) is 6.42 Å². The molecule has 2 aliphatic carbocycles. The van der Waals surface area contributed by atoms with Gasteiger partial charge in [0.2, 0.25) is 0 Å². The van der Waals surface area contributed by atoms with Crippen LogP contribution in [0, 0.1) is 0 Å². The molecule has 5 aromatic carbocycles. The first-order chi connectivity index (χ1) is 19.4. The van der Waals surface area contributed by atoms with Crippen LogP contribution in [0.15, 0.2) is 151 Å². The van der Waals surface area contributed by atoms with E-state index in [2.05, 4.69) is 150 Å². The van der Waals surface area contributed by atoms with E-state index >= 15 is 0 Å². The molecule has 1 nitrogen and oxygen atoms in total. The van der Waals surface area contributed by atoms with Gasteiger partial charge in [0.25, 0.3) is 0 Å². The molecule has 0 saturated carbocycles. The molecular weight excluding hydrogens is 470 g/mol. The summed E-state index contributed by atoms with van der Waals surface area (Å²) in [6.07, 6.45) is 8.31. The van der Waals surface area contributed by atoms with Gasteiger partial charge in [-0.2, -0.15) is 0 Å². The third-order valence-electron chi connectivity index (χ3n) is 8.76. The molecule has 0 N–H and O–H groups in total. The minimum Gasteiger partial charge on any atom is -0.333 e. The summed E-state index contributed by atoms with van der Waals surface area (Å²) in [6.45, 7) is 0. The number of nitrogens with zero attached hydrogens (tertiary/aromatic N) is 1. The first-order valence-corrected chi connectivity index (χ1v) is 14.0. The molecule has 8 rings (SSSR count). The summed E-state index contributed by atoms with van der Waals surface area (Å²) >= 11 is 0. The van der Waals surface area contributed by atoms with Crippen molar-refractivity contribution >= 4 is 21.8 Å². The van der Waals surface area contributed by atoms with Gasteiger partial charge in [-0.3, -0.25) is 0 Å². The lowest BCUT2D eigenvalue weighted by Crippen LogP contribution is -2.21. The second-order valence-electron chi connectivity index (χ2n) is 10.8. The molecular formula is C38H29N. The minimum absolute atomic E-state index is 0.243. The molecule has 0 amide bonds. The standard InChI is InChI=1S/C38H29N/c1-2-12-26(13-3-1)37-31-16-4-6-18-33(31)38(34-19-7-5-17-32(34)37)27-22-24-28(25-23-27)39-35-20-10-8-14-29(35)30-15-9-11-21-36(30)39/h1-24,28,37-38H,25H2. The Morgan fingerprint density at radius 2 is 0.974 bits per heavy atom. The van der Waals surface area contributed by atoms with Gasteiger partial charge in [0.1, 0.15) is 0 Å². The molecule has 186 valence electrons. The van der Waals surface area contributed by atoms with Crippen LogP contribution >= 0.6 is 0 Å². The predicted molar refractivity (Wildman–Crippen MR) is 162 cm³/mol. The SMILES string of the molecule is C1=CC(n2c3ccccc3c3ccccc32)CC=C1C1c2ccccc2C(c2ccccc2)c2ccccc21. The quantitative estimate of drug-likeness (QED) is 0.228. The van der Waals surface area contributed by atoms with Crippen molar-refractivity contribution in [3.05, 3.63) is 179 Å². The molecule has 39 heavy (non-hydrogen) atoms. The number of hydrogen-bond donors (Lipinski definition) is 0. The van der Waals surface area contributed by atoms with Crippen molar-refractivity contribution in [2.75, 3.05) is 0 Å². The van der Waals surface area contributed by atoms with Crippen molar-refractivity contribution < 1.29 is 0 Å². The normalized spacial score (nSPS) is 20.0. The first-order valence-electron chi connectivity index (χ1n) is 14.0. The maximum atomic E-state index is 2.53. The second-order valence-corrected chi connectivity index (χ2v) is 10.8. The number of hydrogen-bond acceptors (Lipinski definition) is 0. The lowest BCUT2D eigenvalue weighted by Gasteiger charge is -2.36. The number of allylic oxidation sites excluding steroid dienone is 4. The fourth-order valence-corrected chi connectivity index (χ4v) is 7.11. The zero-order valence-electron chi connectivity index (χ0n) is 21.7. The highest BCUT2D eigenvalue weighted by molar-refractivity contribution is 6.08. The van der Waals surface area contributed by atoms with Crippen LogP contribution in [0.25, 0.3) is 21.8 Å². The number of para-hydroxylation sites is 2. The Hall–Kier alpha value is -4.62. The van der Waals surface area contributed by atoms with Crippen LogP contribution in [-0.4, -0.2) is 4.57 Å².